The van der Waals surface area contributed by atoms with E-state index in [9.17, 15) is 4.79 Å². The highest BCUT2D eigenvalue weighted by atomic mass is 16.5. The Balaban J connectivity index is 3.45. The molecule has 0 aliphatic carbocycles. The van der Waals surface area contributed by atoms with Crippen LogP contribution in [-0.4, -0.2) is 19.2 Å². The fraction of sp³-hybridized carbons (Fsp3) is 0.875. The van der Waals surface area contributed by atoms with Gasteiger partial charge in [-0.25, -0.2) is 0 Å². The first-order valence-corrected chi connectivity index (χ1v) is 3.78. The molecule has 0 aromatic heterocycles. The maximum atomic E-state index is 9.88. The Kier molecular flexibility index (Phi) is 4.11. The molecule has 1 atom stereocenters. The van der Waals surface area contributed by atoms with Crippen LogP contribution in [0.2, 0.25) is 0 Å². The Morgan fingerprint density at radius 1 is 1.55 bits per heavy atom. The molecule has 3 heteroatoms. The van der Waals surface area contributed by atoms with Gasteiger partial charge in [0.15, 0.2) is 0 Å². The third-order valence-electron chi connectivity index (χ3n) is 1.18. The van der Waals surface area contributed by atoms with E-state index in [0.717, 1.165) is 6.54 Å². The fourth-order valence-corrected chi connectivity index (χ4v) is 0.581. The lowest BCUT2D eigenvalue weighted by Crippen LogP contribution is -2.35. The molecule has 0 bridgehead atoms. The van der Waals surface area contributed by atoms with Crippen molar-refractivity contribution in [1.29, 1.82) is 0 Å². The smallest absolute Gasteiger partial charge is 0.294 e. The maximum Gasteiger partial charge on any atom is 0.294 e. The van der Waals surface area contributed by atoms with Crippen molar-refractivity contribution >= 4 is 6.47 Å². The van der Waals surface area contributed by atoms with Crippen LogP contribution in [0.1, 0.15) is 27.7 Å². The zero-order valence-electron chi connectivity index (χ0n) is 7.68. The number of ether oxygens (including phenoxy) is 1. The van der Waals surface area contributed by atoms with E-state index in [-0.39, 0.29) is 11.6 Å². The van der Waals surface area contributed by atoms with E-state index in [4.69, 9.17) is 0 Å². The van der Waals surface area contributed by atoms with Crippen LogP contribution in [0, 0.1) is 5.41 Å². The molecule has 3 nitrogen and oxygen atoms in total. The van der Waals surface area contributed by atoms with E-state index in [1.807, 2.05) is 0 Å². The van der Waals surface area contributed by atoms with Gasteiger partial charge < -0.3 is 4.74 Å². The van der Waals surface area contributed by atoms with Crippen LogP contribution in [-0.2, 0) is 9.53 Å². The van der Waals surface area contributed by atoms with Crippen molar-refractivity contribution in [3.8, 4) is 0 Å². The Hall–Kier alpha value is -0.570. The van der Waals surface area contributed by atoms with E-state index in [1.54, 1.807) is 6.92 Å². The van der Waals surface area contributed by atoms with Gasteiger partial charge in [-0.3, -0.25) is 10.1 Å². The summed E-state index contributed by atoms with van der Waals surface area (Å²) >= 11 is 0. The number of nitrogens with one attached hydrogen (secondary N) is 1. The van der Waals surface area contributed by atoms with Crippen LogP contribution in [0.4, 0.5) is 0 Å². The van der Waals surface area contributed by atoms with Gasteiger partial charge in [-0.2, -0.15) is 0 Å². The van der Waals surface area contributed by atoms with Crippen molar-refractivity contribution in [1.82, 2.24) is 5.32 Å². The number of carbonyl (C=O) groups excluding carboxylic acids is 1. The molecule has 0 aliphatic heterocycles. The lowest BCUT2D eigenvalue weighted by Gasteiger charge is -2.21. The summed E-state index contributed by atoms with van der Waals surface area (Å²) in [5.74, 6) is 0. The van der Waals surface area contributed by atoms with Crippen molar-refractivity contribution < 1.29 is 9.53 Å². The molecule has 1 N–H and O–H groups in total. The van der Waals surface area contributed by atoms with Crippen LogP contribution in [0.5, 0.6) is 0 Å². The molecule has 0 heterocycles. The van der Waals surface area contributed by atoms with Gasteiger partial charge in [0.25, 0.3) is 6.47 Å². The lowest BCUT2D eigenvalue weighted by molar-refractivity contribution is -0.134. The molecule has 0 spiro atoms. The molecule has 0 aromatic carbocycles. The summed E-state index contributed by atoms with van der Waals surface area (Å²) in [5.41, 5.74) is 0.223. The minimum absolute atomic E-state index is 0.188. The second kappa shape index (κ2) is 4.34. The molecule has 0 fully saturated rings. The summed E-state index contributed by atoms with van der Waals surface area (Å²) in [6, 6.07) is 0. The third kappa shape index (κ3) is 7.33. The average Bonchev–Trinajstić information content (AvgIpc) is 1.83. The Morgan fingerprint density at radius 2 is 2.09 bits per heavy atom. The average molecular weight is 159 g/mol. The number of rotatable bonds is 4. The van der Waals surface area contributed by atoms with Gasteiger partial charge >= 0.3 is 0 Å². The Labute approximate surface area is 68.1 Å². The fourth-order valence-electron chi connectivity index (χ4n) is 0.581. The van der Waals surface area contributed by atoms with Crippen LogP contribution < -0.4 is 5.32 Å². The third-order valence-corrected chi connectivity index (χ3v) is 1.18. The highest BCUT2D eigenvalue weighted by molar-refractivity contribution is 5.37. The summed E-state index contributed by atoms with van der Waals surface area (Å²) < 4.78 is 4.65. The Morgan fingerprint density at radius 3 is 2.45 bits per heavy atom. The number of hydrogen-bond acceptors (Lipinski definition) is 3. The van der Waals surface area contributed by atoms with Crippen molar-refractivity contribution in [3.63, 3.8) is 0 Å². The van der Waals surface area contributed by atoms with E-state index in [2.05, 4.69) is 30.8 Å². The first kappa shape index (κ1) is 10.4. The van der Waals surface area contributed by atoms with Crippen LogP contribution in [0.15, 0.2) is 0 Å². The molecule has 11 heavy (non-hydrogen) atoms. The van der Waals surface area contributed by atoms with Gasteiger partial charge in [-0.1, -0.05) is 20.8 Å². The topological polar surface area (TPSA) is 38.3 Å². The molecule has 0 saturated carbocycles. The van der Waals surface area contributed by atoms with Crippen LogP contribution >= 0.6 is 0 Å². The van der Waals surface area contributed by atoms with E-state index in [0.29, 0.717) is 6.47 Å². The minimum Gasteiger partial charge on any atom is -0.449 e. The second-order valence-corrected chi connectivity index (χ2v) is 3.82. The van der Waals surface area contributed by atoms with Crippen molar-refractivity contribution in [3.05, 3.63) is 0 Å². The molecule has 0 aliphatic rings. The predicted molar refractivity (Wildman–Crippen MR) is 44.1 cm³/mol. The monoisotopic (exact) mass is 159 g/mol. The molecular weight excluding hydrogens is 142 g/mol. The highest BCUT2D eigenvalue weighted by Gasteiger charge is 2.11. The molecular formula is C8H17NO2. The number of hydrogen-bond donors (Lipinski definition) is 1. The van der Waals surface area contributed by atoms with Crippen molar-refractivity contribution in [2.45, 2.75) is 33.9 Å². The predicted octanol–water partition coefficient (Wildman–Crippen LogP) is 1.14. The van der Waals surface area contributed by atoms with Gasteiger partial charge in [0, 0.05) is 6.54 Å². The molecule has 0 radical (unpaired) electrons. The highest BCUT2D eigenvalue weighted by Crippen LogP contribution is 2.10. The quantitative estimate of drug-likeness (QED) is 0.494. The summed E-state index contributed by atoms with van der Waals surface area (Å²) in [5, 5.41) is 3.07. The van der Waals surface area contributed by atoms with Gasteiger partial charge in [0.2, 0.25) is 0 Å². The molecule has 0 aromatic rings. The zero-order valence-corrected chi connectivity index (χ0v) is 7.68. The van der Waals surface area contributed by atoms with Gasteiger partial charge in [-0.15, -0.1) is 0 Å². The summed E-state index contributed by atoms with van der Waals surface area (Å²) in [4.78, 5) is 9.88. The SMILES string of the molecule is CC(NCC(C)(C)C)OC=O. The first-order chi connectivity index (χ1) is 4.95. The minimum atomic E-state index is -0.188. The Bertz CT molecular complexity index is 118. The van der Waals surface area contributed by atoms with Gasteiger partial charge in [0.05, 0.1) is 0 Å². The van der Waals surface area contributed by atoms with E-state index in [1.165, 1.54) is 0 Å². The normalized spacial score (nSPS) is 14.2. The molecule has 66 valence electrons. The van der Waals surface area contributed by atoms with Crippen LogP contribution in [0.25, 0.3) is 0 Å². The molecule has 0 saturated heterocycles. The van der Waals surface area contributed by atoms with Gasteiger partial charge in [-0.05, 0) is 12.3 Å². The first-order valence-electron chi connectivity index (χ1n) is 3.78. The van der Waals surface area contributed by atoms with Crippen LogP contribution in [0.3, 0.4) is 0 Å². The largest absolute Gasteiger partial charge is 0.449 e. The maximum absolute atomic E-state index is 9.88. The summed E-state index contributed by atoms with van der Waals surface area (Å²) in [6.45, 7) is 9.46. The second-order valence-electron chi connectivity index (χ2n) is 3.82. The van der Waals surface area contributed by atoms with Crippen molar-refractivity contribution in [2.24, 2.45) is 5.41 Å². The zero-order chi connectivity index (χ0) is 8.91. The van der Waals surface area contributed by atoms with Gasteiger partial charge in [0.1, 0.15) is 6.23 Å². The standard InChI is InChI=1S/C8H17NO2/c1-7(11-6-10)9-5-8(2,3)4/h6-7,9H,5H2,1-4H3. The lowest BCUT2D eigenvalue weighted by atomic mass is 9.97. The van der Waals surface area contributed by atoms with Crippen molar-refractivity contribution in [2.75, 3.05) is 6.54 Å². The molecule has 0 amide bonds. The molecule has 0 rings (SSSR count). The summed E-state index contributed by atoms with van der Waals surface area (Å²) in [6.07, 6.45) is -0.188. The molecule has 1 unspecified atom stereocenters. The summed E-state index contributed by atoms with van der Waals surface area (Å²) in [7, 11) is 0. The van der Waals surface area contributed by atoms with E-state index < -0.39 is 0 Å². The number of carbonyl (C=O) groups is 1. The van der Waals surface area contributed by atoms with E-state index >= 15 is 0 Å².